The third-order valence-corrected chi connectivity index (χ3v) is 7.29. The van der Waals surface area contributed by atoms with Crippen LogP contribution < -0.4 is 4.72 Å². The zero-order valence-corrected chi connectivity index (χ0v) is 16.9. The minimum absolute atomic E-state index is 0.0321. The first-order valence-electron chi connectivity index (χ1n) is 8.31. The van der Waals surface area contributed by atoms with Gasteiger partial charge in [-0.15, -0.1) is 6.42 Å². The van der Waals surface area contributed by atoms with Crippen LogP contribution in [0.15, 0.2) is 29.2 Å². The highest BCUT2D eigenvalue weighted by Gasteiger charge is 2.29. The molecule has 1 aromatic carbocycles. The number of nitrogens with one attached hydrogen (secondary N) is 1. The van der Waals surface area contributed by atoms with E-state index in [2.05, 4.69) is 10.6 Å². The molecule has 1 aromatic rings. The monoisotopic (exact) mass is 413 g/mol. The lowest BCUT2D eigenvalue weighted by Gasteiger charge is -2.35. The van der Waals surface area contributed by atoms with Crippen LogP contribution in [0.5, 0.6) is 0 Å². The lowest BCUT2D eigenvalue weighted by molar-refractivity contribution is 0.0686. The first-order valence-corrected chi connectivity index (χ1v) is 11.6. The number of hydrogen-bond donors (Lipinski definition) is 1. The molecule has 0 unspecified atom stereocenters. The van der Waals surface area contributed by atoms with Crippen molar-refractivity contribution in [2.24, 2.45) is 0 Å². The van der Waals surface area contributed by atoms with E-state index >= 15 is 0 Å². The number of amides is 1. The fourth-order valence-corrected chi connectivity index (χ4v) is 4.63. The third-order valence-electron chi connectivity index (χ3n) is 4.54. The molecule has 1 amide bonds. The predicted octanol–water partition coefficient (Wildman–Crippen LogP) is 0.0941. The van der Waals surface area contributed by atoms with Gasteiger partial charge in [0.05, 0.1) is 17.7 Å². The van der Waals surface area contributed by atoms with Gasteiger partial charge >= 0.3 is 0 Å². The van der Waals surface area contributed by atoms with Crippen LogP contribution in [0.1, 0.15) is 23.2 Å². The normalized spacial score (nSPS) is 16.3. The minimum Gasteiger partial charge on any atom is -0.339 e. The average molecular weight is 414 g/mol. The molecule has 1 saturated heterocycles. The Labute approximate surface area is 160 Å². The fraction of sp³-hybridized carbons (Fsp3) is 0.471. The standard InChI is InChI=1S/C17H23N3O5S2/c1-4-10-18-27(24,25)16-7-5-6-14(13-16)17(21)20-11-8-15(9-12-20)19(2)26(3,22)23/h1,5-7,13,15,18H,8-12H2,2-3H3. The Balaban J connectivity index is 2.10. The van der Waals surface area contributed by atoms with Crippen LogP contribution >= 0.6 is 0 Å². The molecule has 1 N–H and O–H groups in total. The highest BCUT2D eigenvalue weighted by Crippen LogP contribution is 2.20. The van der Waals surface area contributed by atoms with E-state index < -0.39 is 20.0 Å². The Morgan fingerprint density at radius 2 is 1.93 bits per heavy atom. The van der Waals surface area contributed by atoms with Crippen molar-refractivity contribution in [2.75, 3.05) is 32.9 Å². The van der Waals surface area contributed by atoms with E-state index in [9.17, 15) is 21.6 Å². The molecule has 148 valence electrons. The van der Waals surface area contributed by atoms with Crippen LogP contribution in [-0.4, -0.2) is 70.9 Å². The highest BCUT2D eigenvalue weighted by atomic mass is 32.2. The SMILES string of the molecule is C#CCNS(=O)(=O)c1cccc(C(=O)N2CCC(N(C)S(C)(=O)=O)CC2)c1. The molecule has 27 heavy (non-hydrogen) atoms. The fourth-order valence-electron chi connectivity index (χ4n) is 2.90. The topological polar surface area (TPSA) is 104 Å². The summed E-state index contributed by atoms with van der Waals surface area (Å²) in [7, 11) is -5.53. The summed E-state index contributed by atoms with van der Waals surface area (Å²) in [5.74, 6) is 1.91. The van der Waals surface area contributed by atoms with Gasteiger partial charge in [-0.25, -0.2) is 21.1 Å². The van der Waals surface area contributed by atoms with E-state index in [1.807, 2.05) is 0 Å². The number of piperidine rings is 1. The van der Waals surface area contributed by atoms with E-state index in [1.165, 1.54) is 29.6 Å². The summed E-state index contributed by atoms with van der Waals surface area (Å²) in [4.78, 5) is 14.3. The number of nitrogens with zero attached hydrogens (tertiary/aromatic N) is 2. The second-order valence-corrected chi connectivity index (χ2v) is 10.2. The van der Waals surface area contributed by atoms with Gasteiger partial charge in [0.25, 0.3) is 5.91 Å². The maximum atomic E-state index is 12.7. The van der Waals surface area contributed by atoms with Crippen molar-refractivity contribution in [3.63, 3.8) is 0 Å². The number of carbonyl (C=O) groups excluding carboxylic acids is 1. The van der Waals surface area contributed by atoms with Gasteiger partial charge in [-0.2, -0.15) is 4.72 Å². The third kappa shape index (κ3) is 5.29. The van der Waals surface area contributed by atoms with Crippen molar-refractivity contribution in [3.05, 3.63) is 29.8 Å². The first-order chi connectivity index (χ1) is 12.6. The Morgan fingerprint density at radius 3 is 2.48 bits per heavy atom. The molecule has 1 aliphatic heterocycles. The molecule has 10 heteroatoms. The quantitative estimate of drug-likeness (QED) is 0.666. The molecule has 2 rings (SSSR count). The van der Waals surface area contributed by atoms with Gasteiger partial charge in [-0.1, -0.05) is 12.0 Å². The van der Waals surface area contributed by atoms with Crippen molar-refractivity contribution < 1.29 is 21.6 Å². The molecule has 0 aromatic heterocycles. The summed E-state index contributed by atoms with van der Waals surface area (Å²) in [6.07, 6.45) is 7.28. The number of terminal acetylenes is 1. The summed E-state index contributed by atoms with van der Waals surface area (Å²) in [6.45, 7) is 0.660. The second kappa shape index (κ2) is 8.39. The first kappa shape index (κ1) is 21.4. The van der Waals surface area contributed by atoms with E-state index in [0.29, 0.717) is 25.9 Å². The zero-order valence-electron chi connectivity index (χ0n) is 15.3. The molecule has 0 radical (unpaired) electrons. The predicted molar refractivity (Wildman–Crippen MR) is 102 cm³/mol. The van der Waals surface area contributed by atoms with Crippen molar-refractivity contribution in [3.8, 4) is 12.3 Å². The van der Waals surface area contributed by atoms with Crippen LogP contribution in [0.4, 0.5) is 0 Å². The van der Waals surface area contributed by atoms with E-state index in [0.717, 1.165) is 6.26 Å². The summed E-state index contributed by atoms with van der Waals surface area (Å²) in [5, 5.41) is 0. The lowest BCUT2D eigenvalue weighted by Crippen LogP contribution is -2.47. The molecule has 0 aliphatic carbocycles. The molecular weight excluding hydrogens is 390 g/mol. The van der Waals surface area contributed by atoms with E-state index in [4.69, 9.17) is 6.42 Å². The molecule has 8 nitrogen and oxygen atoms in total. The molecule has 0 bridgehead atoms. The zero-order chi connectivity index (χ0) is 20.2. The second-order valence-electron chi connectivity index (χ2n) is 6.36. The van der Waals surface area contributed by atoms with Gasteiger partial charge in [-0.3, -0.25) is 4.79 Å². The highest BCUT2D eigenvalue weighted by molar-refractivity contribution is 7.89. The molecule has 1 aliphatic rings. The summed E-state index contributed by atoms with van der Waals surface area (Å²) < 4.78 is 51.2. The lowest BCUT2D eigenvalue weighted by atomic mass is 10.0. The van der Waals surface area contributed by atoms with Crippen molar-refractivity contribution in [2.45, 2.75) is 23.8 Å². The van der Waals surface area contributed by atoms with E-state index in [1.54, 1.807) is 11.0 Å². The molecule has 1 fully saturated rings. The maximum Gasteiger partial charge on any atom is 0.253 e. The number of sulfonamides is 2. The minimum atomic E-state index is -3.78. The summed E-state index contributed by atoms with van der Waals surface area (Å²) in [6, 6.07) is 5.61. The molecule has 1 heterocycles. The Morgan fingerprint density at radius 1 is 1.30 bits per heavy atom. The molecule has 0 atom stereocenters. The van der Waals surface area contributed by atoms with Gasteiger partial charge in [-0.05, 0) is 31.0 Å². The maximum absolute atomic E-state index is 12.7. The molecular formula is C17H23N3O5S2. The Hall–Kier alpha value is -1.93. The number of likely N-dealkylation sites (tertiary alicyclic amines) is 1. The van der Waals surface area contributed by atoms with Crippen LogP contribution in [0.2, 0.25) is 0 Å². The number of carbonyl (C=O) groups is 1. The van der Waals surface area contributed by atoms with Crippen LogP contribution in [0.25, 0.3) is 0 Å². The summed E-state index contributed by atoms with van der Waals surface area (Å²) >= 11 is 0. The molecule has 0 saturated carbocycles. The van der Waals surface area contributed by atoms with Crippen LogP contribution in [0.3, 0.4) is 0 Å². The number of hydrogen-bond acceptors (Lipinski definition) is 5. The van der Waals surface area contributed by atoms with Crippen molar-refractivity contribution >= 4 is 26.0 Å². The van der Waals surface area contributed by atoms with Crippen molar-refractivity contribution in [1.29, 1.82) is 0 Å². The number of rotatable bonds is 6. The van der Waals surface area contributed by atoms with Crippen LogP contribution in [-0.2, 0) is 20.0 Å². The van der Waals surface area contributed by atoms with E-state index in [-0.39, 0.29) is 29.0 Å². The summed E-state index contributed by atoms with van der Waals surface area (Å²) in [5.41, 5.74) is 0.258. The van der Waals surface area contributed by atoms with Gasteiger partial charge in [0.15, 0.2) is 0 Å². The van der Waals surface area contributed by atoms with Gasteiger partial charge < -0.3 is 4.90 Å². The largest absolute Gasteiger partial charge is 0.339 e. The van der Waals surface area contributed by atoms with Gasteiger partial charge in [0.1, 0.15) is 0 Å². The van der Waals surface area contributed by atoms with Crippen LogP contribution in [0, 0.1) is 12.3 Å². The number of benzene rings is 1. The Bertz CT molecular complexity index is 943. The average Bonchev–Trinajstić information content (AvgIpc) is 2.64. The van der Waals surface area contributed by atoms with Crippen molar-refractivity contribution in [1.82, 2.24) is 13.9 Å². The smallest absolute Gasteiger partial charge is 0.253 e. The molecule has 0 spiro atoms. The van der Waals surface area contributed by atoms with Gasteiger partial charge in [0.2, 0.25) is 20.0 Å². The van der Waals surface area contributed by atoms with Gasteiger partial charge in [0, 0.05) is 31.7 Å². The Kier molecular flexibility index (Phi) is 6.64.